The van der Waals surface area contributed by atoms with E-state index in [0.29, 0.717) is 25.2 Å². The quantitative estimate of drug-likeness (QED) is 0.754. The highest BCUT2D eigenvalue weighted by atomic mass is 16.2. The summed E-state index contributed by atoms with van der Waals surface area (Å²) in [5.41, 5.74) is 5.75. The average Bonchev–Trinajstić information content (AvgIpc) is 3.12. The molecule has 0 radical (unpaired) electrons. The van der Waals surface area contributed by atoms with Crippen molar-refractivity contribution in [3.63, 3.8) is 0 Å². The van der Waals surface area contributed by atoms with E-state index in [1.54, 1.807) is 0 Å². The molecule has 2 aliphatic rings. The van der Waals surface area contributed by atoms with E-state index >= 15 is 0 Å². The van der Waals surface area contributed by atoms with Gasteiger partial charge in [0.05, 0.1) is 6.54 Å². The molecule has 16 heavy (non-hydrogen) atoms. The second-order valence-electron chi connectivity index (χ2n) is 5.09. The molecule has 2 rings (SSSR count). The Kier molecular flexibility index (Phi) is 3.82. The molecule has 1 amide bonds. The van der Waals surface area contributed by atoms with Crippen LogP contribution < -0.4 is 5.73 Å². The topological polar surface area (TPSA) is 49.6 Å². The van der Waals surface area contributed by atoms with E-state index in [4.69, 9.17) is 5.73 Å². The summed E-state index contributed by atoms with van der Waals surface area (Å²) < 4.78 is 0. The van der Waals surface area contributed by atoms with Crippen LogP contribution in [0.3, 0.4) is 0 Å². The van der Waals surface area contributed by atoms with Crippen molar-refractivity contribution >= 4 is 5.91 Å². The molecule has 0 aromatic carbocycles. The van der Waals surface area contributed by atoms with E-state index in [1.807, 2.05) is 11.9 Å². The highest BCUT2D eigenvalue weighted by Gasteiger charge is 2.31. The predicted octanol–water partition coefficient (Wildman–Crippen LogP) is 0.420. The number of nitrogens with two attached hydrogens (primary N) is 1. The number of likely N-dealkylation sites (N-methyl/N-ethyl adjacent to an activating group) is 1. The van der Waals surface area contributed by atoms with Gasteiger partial charge in [-0.3, -0.25) is 9.69 Å². The summed E-state index contributed by atoms with van der Waals surface area (Å²) in [6, 6.07) is 0.943. The van der Waals surface area contributed by atoms with Crippen molar-refractivity contribution in [3.8, 4) is 0 Å². The minimum atomic E-state index is 0.267. The minimum absolute atomic E-state index is 0.267. The fourth-order valence-corrected chi connectivity index (χ4v) is 2.49. The molecule has 4 heteroatoms. The summed E-state index contributed by atoms with van der Waals surface area (Å²) in [5.74, 6) is 0.267. The van der Waals surface area contributed by atoms with Crippen molar-refractivity contribution in [1.29, 1.82) is 0 Å². The SMILES string of the molecule is CN(C(=O)CN1CCCCC1CN)C1CC1. The zero-order chi connectivity index (χ0) is 11.5. The number of carbonyl (C=O) groups is 1. The van der Waals surface area contributed by atoms with Gasteiger partial charge in [0, 0.05) is 25.7 Å². The number of piperidine rings is 1. The lowest BCUT2D eigenvalue weighted by Crippen LogP contribution is -2.49. The maximum absolute atomic E-state index is 12.0. The van der Waals surface area contributed by atoms with Crippen molar-refractivity contribution < 1.29 is 4.79 Å². The van der Waals surface area contributed by atoms with Crippen LogP contribution in [0.4, 0.5) is 0 Å². The Morgan fingerprint density at radius 2 is 2.12 bits per heavy atom. The number of hydrogen-bond acceptors (Lipinski definition) is 3. The first kappa shape index (κ1) is 11.9. The Morgan fingerprint density at radius 3 is 2.75 bits per heavy atom. The molecule has 1 unspecified atom stereocenters. The summed E-state index contributed by atoms with van der Waals surface area (Å²) in [4.78, 5) is 16.2. The van der Waals surface area contributed by atoms with Crippen LogP contribution in [-0.4, -0.2) is 54.5 Å². The number of hydrogen-bond donors (Lipinski definition) is 1. The second kappa shape index (κ2) is 5.15. The Morgan fingerprint density at radius 1 is 1.38 bits per heavy atom. The third kappa shape index (κ3) is 2.74. The molecule has 2 N–H and O–H groups in total. The fourth-order valence-electron chi connectivity index (χ4n) is 2.49. The molecule has 0 spiro atoms. The highest BCUT2D eigenvalue weighted by molar-refractivity contribution is 5.78. The van der Waals surface area contributed by atoms with Crippen LogP contribution in [0, 0.1) is 0 Å². The summed E-state index contributed by atoms with van der Waals surface area (Å²) >= 11 is 0. The molecule has 0 aromatic heterocycles. The van der Waals surface area contributed by atoms with Gasteiger partial charge in [-0.15, -0.1) is 0 Å². The normalized spacial score (nSPS) is 26.8. The van der Waals surface area contributed by atoms with Gasteiger partial charge in [-0.2, -0.15) is 0 Å². The third-order valence-electron chi connectivity index (χ3n) is 3.85. The monoisotopic (exact) mass is 225 g/mol. The maximum Gasteiger partial charge on any atom is 0.236 e. The number of nitrogens with zero attached hydrogens (tertiary/aromatic N) is 2. The number of carbonyl (C=O) groups excluding carboxylic acids is 1. The van der Waals surface area contributed by atoms with Gasteiger partial charge in [0.15, 0.2) is 0 Å². The lowest BCUT2D eigenvalue weighted by molar-refractivity contribution is -0.132. The molecule has 1 saturated heterocycles. The Labute approximate surface area is 97.8 Å². The average molecular weight is 225 g/mol. The first-order chi connectivity index (χ1) is 7.72. The smallest absolute Gasteiger partial charge is 0.236 e. The van der Waals surface area contributed by atoms with E-state index < -0.39 is 0 Å². The molecule has 4 nitrogen and oxygen atoms in total. The zero-order valence-electron chi connectivity index (χ0n) is 10.2. The van der Waals surface area contributed by atoms with E-state index in [2.05, 4.69) is 4.90 Å². The van der Waals surface area contributed by atoms with E-state index in [1.165, 1.54) is 25.7 Å². The lowest BCUT2D eigenvalue weighted by Gasteiger charge is -2.35. The van der Waals surface area contributed by atoms with Crippen LogP contribution in [0.15, 0.2) is 0 Å². The molecule has 1 aliphatic carbocycles. The molecular weight excluding hydrogens is 202 g/mol. The number of amides is 1. The van der Waals surface area contributed by atoms with Crippen molar-refractivity contribution in [2.24, 2.45) is 5.73 Å². The van der Waals surface area contributed by atoms with Gasteiger partial charge in [0.1, 0.15) is 0 Å². The largest absolute Gasteiger partial charge is 0.342 e. The van der Waals surface area contributed by atoms with Gasteiger partial charge in [-0.25, -0.2) is 0 Å². The van der Waals surface area contributed by atoms with Crippen LogP contribution in [-0.2, 0) is 4.79 Å². The van der Waals surface area contributed by atoms with Gasteiger partial charge in [0.2, 0.25) is 5.91 Å². The summed E-state index contributed by atoms with van der Waals surface area (Å²) in [7, 11) is 1.93. The molecule has 1 atom stereocenters. The molecule has 1 saturated carbocycles. The Bertz CT molecular complexity index is 253. The molecule has 92 valence electrons. The van der Waals surface area contributed by atoms with Crippen molar-refractivity contribution in [2.75, 3.05) is 26.7 Å². The van der Waals surface area contributed by atoms with E-state index in [9.17, 15) is 4.79 Å². The first-order valence-electron chi connectivity index (χ1n) is 6.42. The molecule has 0 bridgehead atoms. The van der Waals surface area contributed by atoms with Crippen LogP contribution in [0.2, 0.25) is 0 Å². The standard InChI is InChI=1S/C12H23N3O/c1-14(10-5-6-10)12(16)9-15-7-3-2-4-11(15)8-13/h10-11H,2-9,13H2,1H3. The van der Waals surface area contributed by atoms with Crippen LogP contribution in [0.25, 0.3) is 0 Å². The fraction of sp³-hybridized carbons (Fsp3) is 0.917. The summed E-state index contributed by atoms with van der Waals surface area (Å²) in [6.45, 7) is 2.28. The van der Waals surface area contributed by atoms with Crippen molar-refractivity contribution in [2.45, 2.75) is 44.2 Å². The molecule has 2 fully saturated rings. The van der Waals surface area contributed by atoms with Crippen LogP contribution in [0.1, 0.15) is 32.1 Å². The number of likely N-dealkylation sites (tertiary alicyclic amines) is 1. The molecule has 1 aliphatic heterocycles. The Hall–Kier alpha value is -0.610. The van der Waals surface area contributed by atoms with Gasteiger partial charge in [0.25, 0.3) is 0 Å². The van der Waals surface area contributed by atoms with E-state index in [0.717, 1.165) is 13.0 Å². The molecule has 1 heterocycles. The molecular formula is C12H23N3O. The third-order valence-corrected chi connectivity index (χ3v) is 3.85. The zero-order valence-corrected chi connectivity index (χ0v) is 10.2. The Balaban J connectivity index is 1.84. The number of rotatable bonds is 4. The molecule has 0 aromatic rings. The minimum Gasteiger partial charge on any atom is -0.342 e. The summed E-state index contributed by atoms with van der Waals surface area (Å²) in [5, 5.41) is 0. The lowest BCUT2D eigenvalue weighted by atomic mass is 10.0. The highest BCUT2D eigenvalue weighted by Crippen LogP contribution is 2.25. The van der Waals surface area contributed by atoms with Gasteiger partial charge < -0.3 is 10.6 Å². The van der Waals surface area contributed by atoms with Gasteiger partial charge in [-0.05, 0) is 32.2 Å². The van der Waals surface area contributed by atoms with Gasteiger partial charge >= 0.3 is 0 Å². The maximum atomic E-state index is 12.0. The van der Waals surface area contributed by atoms with Crippen molar-refractivity contribution in [3.05, 3.63) is 0 Å². The van der Waals surface area contributed by atoms with E-state index in [-0.39, 0.29) is 5.91 Å². The predicted molar refractivity (Wildman–Crippen MR) is 64.1 cm³/mol. The van der Waals surface area contributed by atoms with Gasteiger partial charge in [-0.1, -0.05) is 6.42 Å². The summed E-state index contributed by atoms with van der Waals surface area (Å²) in [6.07, 6.45) is 5.98. The first-order valence-corrected chi connectivity index (χ1v) is 6.42. The van der Waals surface area contributed by atoms with Crippen LogP contribution in [0.5, 0.6) is 0 Å². The second-order valence-corrected chi connectivity index (χ2v) is 5.09. The van der Waals surface area contributed by atoms with Crippen LogP contribution >= 0.6 is 0 Å². The van der Waals surface area contributed by atoms with Crippen molar-refractivity contribution in [1.82, 2.24) is 9.80 Å².